The second-order valence-corrected chi connectivity index (χ2v) is 3.36. The molecule has 1 N–H and O–H groups in total. The Hall–Kier alpha value is -2.47. The van der Waals surface area contributed by atoms with Gasteiger partial charge in [-0.15, -0.1) is 5.53 Å². The molecule has 0 aromatic carbocycles. The first-order valence-corrected chi connectivity index (χ1v) is 5.06. The molecule has 0 aromatic rings. The van der Waals surface area contributed by atoms with E-state index in [0.717, 1.165) is 28.2 Å². The number of hydrazine groups is 2. The molecule has 94 valence electrons. The summed E-state index contributed by atoms with van der Waals surface area (Å²) in [5, 5.41) is 2.08. The molecule has 0 saturated carbocycles. The van der Waals surface area contributed by atoms with Crippen molar-refractivity contribution in [1.82, 2.24) is 15.6 Å². The van der Waals surface area contributed by atoms with Crippen LogP contribution in [-0.4, -0.2) is 34.2 Å². The maximum Gasteiger partial charge on any atom is 0.265 e. The standard InChI is InChI=1S/C12H13N3O3/c1-4-10(16)9-7-14(11(17)5-2)13-15(8-9)12(18)6-3/h4-7,13H,1-3,8H2. The number of nitrogens with zero attached hydrogens (tertiary/aromatic N) is 2. The van der Waals surface area contributed by atoms with Crippen molar-refractivity contribution in [1.29, 1.82) is 0 Å². The summed E-state index contributed by atoms with van der Waals surface area (Å²) in [6.07, 6.45) is 4.55. The topological polar surface area (TPSA) is 69.7 Å². The van der Waals surface area contributed by atoms with Gasteiger partial charge in [-0.1, -0.05) is 19.7 Å². The molecular weight excluding hydrogens is 234 g/mol. The summed E-state index contributed by atoms with van der Waals surface area (Å²) in [5.74, 6) is -1.31. The molecule has 1 aliphatic heterocycles. The Labute approximate surface area is 104 Å². The number of nitrogens with one attached hydrogen (secondary N) is 1. The highest BCUT2D eigenvalue weighted by molar-refractivity contribution is 6.05. The monoisotopic (exact) mass is 247 g/mol. The van der Waals surface area contributed by atoms with Crippen LogP contribution in [0.3, 0.4) is 0 Å². The van der Waals surface area contributed by atoms with E-state index in [1.54, 1.807) is 0 Å². The van der Waals surface area contributed by atoms with Crippen LogP contribution in [0.15, 0.2) is 49.7 Å². The Morgan fingerprint density at radius 3 is 2.22 bits per heavy atom. The third kappa shape index (κ3) is 2.80. The molecular formula is C12H13N3O3. The summed E-state index contributed by atoms with van der Waals surface area (Å²) >= 11 is 0. The minimum Gasteiger partial charge on any atom is -0.290 e. The average molecular weight is 247 g/mol. The van der Waals surface area contributed by atoms with E-state index in [2.05, 4.69) is 25.3 Å². The number of hydrogen-bond acceptors (Lipinski definition) is 4. The number of ketones is 1. The van der Waals surface area contributed by atoms with Gasteiger partial charge in [-0.3, -0.25) is 19.4 Å². The van der Waals surface area contributed by atoms with Crippen molar-refractivity contribution >= 4 is 17.6 Å². The number of rotatable bonds is 4. The number of allylic oxidation sites excluding steroid dienone is 1. The Morgan fingerprint density at radius 2 is 1.72 bits per heavy atom. The zero-order chi connectivity index (χ0) is 13.7. The van der Waals surface area contributed by atoms with Crippen molar-refractivity contribution < 1.29 is 14.4 Å². The average Bonchev–Trinajstić information content (AvgIpc) is 2.43. The summed E-state index contributed by atoms with van der Waals surface area (Å²) in [7, 11) is 0. The van der Waals surface area contributed by atoms with E-state index < -0.39 is 11.8 Å². The number of amides is 2. The fourth-order valence-corrected chi connectivity index (χ4v) is 1.28. The van der Waals surface area contributed by atoms with Gasteiger partial charge in [0, 0.05) is 11.8 Å². The van der Waals surface area contributed by atoms with E-state index >= 15 is 0 Å². The first-order chi connectivity index (χ1) is 8.53. The van der Waals surface area contributed by atoms with E-state index in [1.807, 2.05) is 0 Å². The Balaban J connectivity index is 3.05. The van der Waals surface area contributed by atoms with Gasteiger partial charge >= 0.3 is 0 Å². The summed E-state index contributed by atoms with van der Waals surface area (Å²) in [6, 6.07) is 0. The molecule has 6 heteroatoms. The second-order valence-electron chi connectivity index (χ2n) is 3.36. The first kappa shape index (κ1) is 13.6. The third-order valence-electron chi connectivity index (χ3n) is 2.20. The van der Waals surface area contributed by atoms with Gasteiger partial charge in [-0.2, -0.15) is 0 Å². The molecule has 0 unspecified atom stereocenters. The largest absolute Gasteiger partial charge is 0.290 e. The van der Waals surface area contributed by atoms with E-state index in [-0.39, 0.29) is 17.9 Å². The third-order valence-corrected chi connectivity index (χ3v) is 2.20. The van der Waals surface area contributed by atoms with Crippen LogP contribution in [0, 0.1) is 0 Å². The number of carbonyl (C=O) groups is 3. The van der Waals surface area contributed by atoms with E-state index in [1.165, 1.54) is 6.20 Å². The van der Waals surface area contributed by atoms with Crippen LogP contribution in [0.1, 0.15) is 0 Å². The van der Waals surface area contributed by atoms with Gasteiger partial charge in [0.1, 0.15) is 0 Å². The van der Waals surface area contributed by atoms with Gasteiger partial charge in [0.2, 0.25) is 0 Å². The van der Waals surface area contributed by atoms with Gasteiger partial charge < -0.3 is 0 Å². The van der Waals surface area contributed by atoms with E-state index in [9.17, 15) is 14.4 Å². The Bertz CT molecular complexity index is 465. The number of carbonyl (C=O) groups excluding carboxylic acids is 3. The predicted octanol–water partition coefficient (Wildman–Crippen LogP) is 0.0878. The number of hydrogen-bond donors (Lipinski definition) is 1. The van der Waals surface area contributed by atoms with Crippen molar-refractivity contribution in [3.63, 3.8) is 0 Å². The maximum absolute atomic E-state index is 11.5. The molecule has 2 amide bonds. The summed E-state index contributed by atoms with van der Waals surface area (Å²) in [4.78, 5) is 34.5. The zero-order valence-corrected chi connectivity index (χ0v) is 9.76. The SMILES string of the molecule is C=CC(=O)C1=CN(C(=O)C=C)NN(C(=O)C=C)C1. The predicted molar refractivity (Wildman–Crippen MR) is 65.4 cm³/mol. The van der Waals surface area contributed by atoms with E-state index in [4.69, 9.17) is 0 Å². The van der Waals surface area contributed by atoms with Crippen LogP contribution in [0.2, 0.25) is 0 Å². The molecule has 0 aromatic heterocycles. The van der Waals surface area contributed by atoms with Crippen LogP contribution >= 0.6 is 0 Å². The van der Waals surface area contributed by atoms with Crippen LogP contribution in [-0.2, 0) is 14.4 Å². The van der Waals surface area contributed by atoms with Crippen LogP contribution in [0.4, 0.5) is 0 Å². The van der Waals surface area contributed by atoms with Crippen LogP contribution < -0.4 is 5.53 Å². The lowest BCUT2D eigenvalue weighted by Crippen LogP contribution is -2.55. The molecule has 1 aliphatic rings. The Morgan fingerprint density at radius 1 is 1.11 bits per heavy atom. The first-order valence-electron chi connectivity index (χ1n) is 5.06. The lowest BCUT2D eigenvalue weighted by atomic mass is 10.1. The van der Waals surface area contributed by atoms with Gasteiger partial charge in [-0.05, 0) is 18.2 Å². The highest BCUT2D eigenvalue weighted by Crippen LogP contribution is 2.09. The highest BCUT2D eigenvalue weighted by atomic mass is 16.2. The van der Waals surface area contributed by atoms with Crippen LogP contribution in [0.25, 0.3) is 0 Å². The fourth-order valence-electron chi connectivity index (χ4n) is 1.28. The minimum absolute atomic E-state index is 0.0244. The normalized spacial score (nSPS) is 14.6. The molecule has 18 heavy (non-hydrogen) atoms. The molecule has 0 fully saturated rings. The van der Waals surface area contributed by atoms with Gasteiger partial charge in [0.05, 0.1) is 6.54 Å². The van der Waals surface area contributed by atoms with Crippen molar-refractivity contribution in [2.75, 3.05) is 6.54 Å². The lowest BCUT2D eigenvalue weighted by Gasteiger charge is -2.33. The van der Waals surface area contributed by atoms with Crippen molar-refractivity contribution in [3.8, 4) is 0 Å². The Kier molecular flexibility index (Phi) is 4.33. The molecule has 0 aliphatic carbocycles. The lowest BCUT2D eigenvalue weighted by molar-refractivity contribution is -0.141. The molecule has 0 bridgehead atoms. The molecule has 6 nitrogen and oxygen atoms in total. The molecule has 0 spiro atoms. The van der Waals surface area contributed by atoms with Gasteiger partial charge in [-0.25, -0.2) is 5.01 Å². The van der Waals surface area contributed by atoms with Crippen LogP contribution in [0.5, 0.6) is 0 Å². The summed E-state index contributed by atoms with van der Waals surface area (Å²) < 4.78 is 0. The zero-order valence-electron chi connectivity index (χ0n) is 9.76. The van der Waals surface area contributed by atoms with Crippen molar-refractivity contribution in [3.05, 3.63) is 49.7 Å². The minimum atomic E-state index is -0.495. The van der Waals surface area contributed by atoms with Gasteiger partial charge in [0.25, 0.3) is 11.8 Å². The maximum atomic E-state index is 11.5. The second kappa shape index (κ2) is 5.74. The molecule has 0 atom stereocenters. The molecule has 1 rings (SSSR count). The highest BCUT2D eigenvalue weighted by Gasteiger charge is 2.25. The summed E-state index contributed by atoms with van der Waals surface area (Å²) in [6.45, 7) is 10.0. The van der Waals surface area contributed by atoms with Crippen molar-refractivity contribution in [2.24, 2.45) is 0 Å². The van der Waals surface area contributed by atoms with Gasteiger partial charge in [0.15, 0.2) is 5.78 Å². The molecule has 1 heterocycles. The smallest absolute Gasteiger partial charge is 0.265 e. The van der Waals surface area contributed by atoms with E-state index in [0.29, 0.717) is 0 Å². The molecule has 0 saturated heterocycles. The summed E-state index contributed by atoms with van der Waals surface area (Å²) in [5.41, 5.74) is 2.78. The van der Waals surface area contributed by atoms with Crippen molar-refractivity contribution in [2.45, 2.75) is 0 Å². The molecule has 0 radical (unpaired) electrons. The fraction of sp³-hybridized carbons (Fsp3) is 0.0833. The quantitative estimate of drug-likeness (QED) is 0.715.